The normalized spacial score (nSPS) is 17.4. The second-order valence-corrected chi connectivity index (χ2v) is 5.06. The van der Waals surface area contributed by atoms with Crippen molar-refractivity contribution in [1.29, 1.82) is 5.26 Å². The fourth-order valence-corrected chi connectivity index (χ4v) is 2.25. The summed E-state index contributed by atoms with van der Waals surface area (Å²) in [6, 6.07) is 2.12. The molecule has 96 valence electrons. The minimum absolute atomic E-state index is 0.271. The number of nitriles is 1. The first-order valence-electron chi connectivity index (χ1n) is 6.21. The minimum atomic E-state index is -0.271. The van der Waals surface area contributed by atoms with Gasteiger partial charge in [0.25, 0.3) is 5.88 Å². The molecule has 0 amide bonds. The third-order valence-corrected chi connectivity index (χ3v) is 3.63. The van der Waals surface area contributed by atoms with E-state index in [0.717, 1.165) is 36.9 Å². The van der Waals surface area contributed by atoms with E-state index in [9.17, 15) is 0 Å². The summed E-state index contributed by atoms with van der Waals surface area (Å²) in [4.78, 5) is 0. The topological polar surface area (TPSA) is 84.8 Å². The maximum absolute atomic E-state index is 9.15. The van der Waals surface area contributed by atoms with E-state index >= 15 is 0 Å². The maximum Gasteiger partial charge on any atom is 0.251 e. The van der Waals surface area contributed by atoms with Crippen molar-refractivity contribution in [1.82, 2.24) is 10.2 Å². The van der Waals surface area contributed by atoms with Gasteiger partial charge in [0.05, 0.1) is 11.2 Å². The summed E-state index contributed by atoms with van der Waals surface area (Å²) in [5, 5.41) is 17.1. The van der Waals surface area contributed by atoms with Crippen molar-refractivity contribution >= 4 is 0 Å². The lowest BCUT2D eigenvalue weighted by atomic mass is 10.0. The SMILES string of the molecule is Cc1nnc(OCC2(N)CCCC2)c(C#N)c1C. The molecule has 1 fully saturated rings. The van der Waals surface area contributed by atoms with Crippen LogP contribution in [0.3, 0.4) is 0 Å². The Kier molecular flexibility index (Phi) is 3.48. The molecule has 0 aromatic carbocycles. The fourth-order valence-electron chi connectivity index (χ4n) is 2.25. The average molecular weight is 246 g/mol. The van der Waals surface area contributed by atoms with Crippen LogP contribution in [0.25, 0.3) is 0 Å². The Hall–Kier alpha value is -1.67. The summed E-state index contributed by atoms with van der Waals surface area (Å²) in [5.41, 5.74) is 7.97. The summed E-state index contributed by atoms with van der Waals surface area (Å²) in [6.45, 7) is 4.08. The molecule has 5 nitrogen and oxygen atoms in total. The molecule has 1 aliphatic carbocycles. The first kappa shape index (κ1) is 12.8. The summed E-state index contributed by atoms with van der Waals surface area (Å²) < 4.78 is 5.63. The van der Waals surface area contributed by atoms with Gasteiger partial charge in [0.15, 0.2) is 0 Å². The van der Waals surface area contributed by atoms with E-state index in [4.69, 9.17) is 15.7 Å². The fraction of sp³-hybridized carbons (Fsp3) is 0.615. The molecule has 18 heavy (non-hydrogen) atoms. The van der Waals surface area contributed by atoms with Crippen molar-refractivity contribution < 1.29 is 4.74 Å². The smallest absolute Gasteiger partial charge is 0.251 e. The Morgan fingerprint density at radius 2 is 2.00 bits per heavy atom. The first-order chi connectivity index (χ1) is 8.56. The predicted octanol–water partition coefficient (Wildman–Crippen LogP) is 1.62. The molecule has 0 spiro atoms. The van der Waals surface area contributed by atoms with Gasteiger partial charge < -0.3 is 10.5 Å². The molecule has 0 bridgehead atoms. The van der Waals surface area contributed by atoms with E-state index in [1.807, 2.05) is 13.8 Å². The number of aromatic nitrogens is 2. The number of hydrogen-bond acceptors (Lipinski definition) is 5. The van der Waals surface area contributed by atoms with E-state index < -0.39 is 0 Å². The van der Waals surface area contributed by atoms with E-state index in [-0.39, 0.29) is 5.54 Å². The van der Waals surface area contributed by atoms with Crippen molar-refractivity contribution in [2.75, 3.05) is 6.61 Å². The molecule has 5 heteroatoms. The molecule has 0 unspecified atom stereocenters. The van der Waals surface area contributed by atoms with Gasteiger partial charge in [-0.1, -0.05) is 12.8 Å². The Morgan fingerprint density at radius 1 is 1.33 bits per heavy atom. The van der Waals surface area contributed by atoms with Crippen LogP contribution in [-0.2, 0) is 0 Å². The van der Waals surface area contributed by atoms with Crippen molar-refractivity contribution in [2.24, 2.45) is 5.73 Å². The zero-order chi connectivity index (χ0) is 13.2. The lowest BCUT2D eigenvalue weighted by Crippen LogP contribution is -2.42. The van der Waals surface area contributed by atoms with Gasteiger partial charge in [-0.3, -0.25) is 0 Å². The minimum Gasteiger partial charge on any atom is -0.474 e. The lowest BCUT2D eigenvalue weighted by molar-refractivity contribution is 0.211. The lowest BCUT2D eigenvalue weighted by Gasteiger charge is -2.23. The third kappa shape index (κ3) is 2.44. The highest BCUT2D eigenvalue weighted by Gasteiger charge is 2.30. The van der Waals surface area contributed by atoms with Crippen molar-refractivity contribution in [2.45, 2.75) is 45.1 Å². The molecule has 1 aliphatic rings. The van der Waals surface area contributed by atoms with Gasteiger partial charge in [-0.25, -0.2) is 0 Å². The quantitative estimate of drug-likeness (QED) is 0.875. The Balaban J connectivity index is 2.15. The van der Waals surface area contributed by atoms with Gasteiger partial charge in [-0.15, -0.1) is 5.10 Å². The van der Waals surface area contributed by atoms with Crippen LogP contribution in [0.5, 0.6) is 5.88 Å². The van der Waals surface area contributed by atoms with Gasteiger partial charge >= 0.3 is 0 Å². The van der Waals surface area contributed by atoms with Crippen molar-refractivity contribution in [3.05, 3.63) is 16.8 Å². The van der Waals surface area contributed by atoms with Crippen molar-refractivity contribution in [3.63, 3.8) is 0 Å². The number of ether oxygens (including phenoxy) is 1. The highest BCUT2D eigenvalue weighted by molar-refractivity contribution is 5.44. The number of rotatable bonds is 3. The molecule has 0 aliphatic heterocycles. The third-order valence-electron chi connectivity index (χ3n) is 3.63. The number of nitrogens with zero attached hydrogens (tertiary/aromatic N) is 3. The Bertz CT molecular complexity index is 486. The second kappa shape index (κ2) is 4.91. The number of hydrogen-bond donors (Lipinski definition) is 1. The largest absolute Gasteiger partial charge is 0.474 e. The van der Waals surface area contributed by atoms with E-state index in [1.54, 1.807) is 0 Å². The second-order valence-electron chi connectivity index (χ2n) is 5.06. The van der Waals surface area contributed by atoms with Crippen molar-refractivity contribution in [3.8, 4) is 11.9 Å². The summed E-state index contributed by atoms with van der Waals surface area (Å²) in [5.74, 6) is 0.303. The van der Waals surface area contributed by atoms with Gasteiger partial charge in [-0.05, 0) is 32.3 Å². The molecule has 1 aromatic heterocycles. The van der Waals surface area contributed by atoms with Crippen LogP contribution in [0.2, 0.25) is 0 Å². The zero-order valence-electron chi connectivity index (χ0n) is 10.9. The molecular formula is C13H18N4O. The monoisotopic (exact) mass is 246 g/mol. The Labute approximate surface area is 107 Å². The summed E-state index contributed by atoms with van der Waals surface area (Å²) in [7, 11) is 0. The molecule has 2 N–H and O–H groups in total. The van der Waals surface area contributed by atoms with E-state index in [0.29, 0.717) is 18.1 Å². The van der Waals surface area contributed by atoms with Gasteiger partial charge in [0.2, 0.25) is 0 Å². The maximum atomic E-state index is 9.15. The van der Waals surface area contributed by atoms with Gasteiger partial charge in [0.1, 0.15) is 18.2 Å². The standard InChI is InChI=1S/C13H18N4O/c1-9-10(2)16-17-12(11(9)7-14)18-8-13(15)5-3-4-6-13/h3-6,8,15H2,1-2H3. The van der Waals surface area contributed by atoms with Crippen LogP contribution >= 0.6 is 0 Å². The summed E-state index contributed by atoms with van der Waals surface area (Å²) in [6.07, 6.45) is 4.22. The van der Waals surface area contributed by atoms with E-state index in [1.165, 1.54) is 0 Å². The molecule has 1 aromatic rings. The van der Waals surface area contributed by atoms with Crippen LogP contribution in [0.1, 0.15) is 42.5 Å². The molecular weight excluding hydrogens is 228 g/mol. The van der Waals surface area contributed by atoms with Gasteiger partial charge in [-0.2, -0.15) is 10.4 Å². The van der Waals surface area contributed by atoms with E-state index in [2.05, 4.69) is 16.3 Å². The highest BCUT2D eigenvalue weighted by Crippen LogP contribution is 2.28. The van der Waals surface area contributed by atoms with Gasteiger partial charge in [0, 0.05) is 0 Å². The highest BCUT2D eigenvalue weighted by atomic mass is 16.5. The zero-order valence-corrected chi connectivity index (χ0v) is 10.9. The molecule has 2 rings (SSSR count). The number of nitrogens with two attached hydrogens (primary N) is 1. The molecule has 0 radical (unpaired) electrons. The molecule has 0 saturated heterocycles. The van der Waals surface area contributed by atoms with Crippen LogP contribution in [0, 0.1) is 25.2 Å². The average Bonchev–Trinajstić information content (AvgIpc) is 2.78. The van der Waals surface area contributed by atoms with Crippen LogP contribution in [0.4, 0.5) is 0 Å². The van der Waals surface area contributed by atoms with Crippen LogP contribution in [0.15, 0.2) is 0 Å². The summed E-state index contributed by atoms with van der Waals surface area (Å²) >= 11 is 0. The van der Waals surface area contributed by atoms with Crippen LogP contribution in [-0.4, -0.2) is 22.3 Å². The molecule has 1 saturated carbocycles. The molecule has 0 atom stereocenters. The first-order valence-corrected chi connectivity index (χ1v) is 6.21. The van der Waals surface area contributed by atoms with Crippen LogP contribution < -0.4 is 10.5 Å². The number of aryl methyl sites for hydroxylation is 1. The predicted molar refractivity (Wildman–Crippen MR) is 67.1 cm³/mol. The Morgan fingerprint density at radius 3 is 2.61 bits per heavy atom. The molecule has 1 heterocycles.